The van der Waals surface area contributed by atoms with Crippen molar-refractivity contribution in [2.45, 2.75) is 39.2 Å². The molecule has 3 rings (SSSR count). The zero-order chi connectivity index (χ0) is 13.4. The van der Waals surface area contributed by atoms with Crippen LogP contribution in [0.1, 0.15) is 33.1 Å². The summed E-state index contributed by atoms with van der Waals surface area (Å²) in [5.74, 6) is 0.275. The van der Waals surface area contributed by atoms with Gasteiger partial charge in [0.25, 0.3) is 0 Å². The molecule has 2 aliphatic heterocycles. The largest absolute Gasteiger partial charge is 0.369 e. The van der Waals surface area contributed by atoms with Gasteiger partial charge in [-0.3, -0.25) is 4.90 Å². The van der Waals surface area contributed by atoms with Crippen LogP contribution in [0.15, 0.2) is 22.9 Å². The van der Waals surface area contributed by atoms with Gasteiger partial charge in [0.15, 0.2) is 0 Å². The minimum Gasteiger partial charge on any atom is -0.369 e. The Balaban J connectivity index is 1.67. The van der Waals surface area contributed by atoms with Gasteiger partial charge in [0.05, 0.1) is 0 Å². The van der Waals surface area contributed by atoms with Gasteiger partial charge in [0.2, 0.25) is 0 Å². The second-order valence-corrected chi connectivity index (χ2v) is 6.40. The number of hydrogen-bond acceptors (Lipinski definition) is 3. The minimum atomic E-state index is 0.275. The SMILES string of the molecule is CC1=CC(N2CCN3CC(C=O)CCC3C2)=C(C)C1. The van der Waals surface area contributed by atoms with E-state index in [0.717, 1.165) is 45.3 Å². The maximum absolute atomic E-state index is 10.9. The zero-order valence-electron chi connectivity index (χ0n) is 12.1. The molecule has 0 N–H and O–H groups in total. The summed E-state index contributed by atoms with van der Waals surface area (Å²) in [5, 5.41) is 0. The lowest BCUT2D eigenvalue weighted by atomic mass is 9.92. The molecular weight excluding hydrogens is 236 g/mol. The Morgan fingerprint density at radius 2 is 2.05 bits per heavy atom. The number of aldehydes is 1. The monoisotopic (exact) mass is 260 g/mol. The predicted octanol–water partition coefficient (Wildman–Crippen LogP) is 2.21. The van der Waals surface area contributed by atoms with E-state index >= 15 is 0 Å². The highest BCUT2D eigenvalue weighted by Crippen LogP contribution is 2.31. The van der Waals surface area contributed by atoms with Gasteiger partial charge in [-0.15, -0.1) is 0 Å². The molecule has 2 saturated heterocycles. The van der Waals surface area contributed by atoms with Crippen molar-refractivity contribution in [2.24, 2.45) is 5.92 Å². The maximum Gasteiger partial charge on any atom is 0.124 e. The lowest BCUT2D eigenvalue weighted by Crippen LogP contribution is -2.56. The highest BCUT2D eigenvalue weighted by atomic mass is 16.1. The summed E-state index contributed by atoms with van der Waals surface area (Å²) in [6, 6.07) is 0.652. The third-order valence-corrected chi connectivity index (χ3v) is 4.84. The number of fused-ring (bicyclic) bond motifs is 1. The first-order valence-corrected chi connectivity index (χ1v) is 7.48. The normalized spacial score (nSPS) is 32.3. The van der Waals surface area contributed by atoms with Crippen LogP contribution in [0.5, 0.6) is 0 Å². The van der Waals surface area contributed by atoms with Crippen LogP contribution in [-0.4, -0.2) is 48.3 Å². The molecule has 19 heavy (non-hydrogen) atoms. The van der Waals surface area contributed by atoms with Crippen molar-refractivity contribution in [2.75, 3.05) is 26.2 Å². The second kappa shape index (κ2) is 5.12. The van der Waals surface area contributed by atoms with Crippen molar-refractivity contribution in [1.82, 2.24) is 9.80 Å². The van der Waals surface area contributed by atoms with Gasteiger partial charge in [-0.1, -0.05) is 5.57 Å². The first kappa shape index (κ1) is 12.9. The van der Waals surface area contributed by atoms with Crippen molar-refractivity contribution in [1.29, 1.82) is 0 Å². The number of carbonyl (C=O) groups is 1. The summed E-state index contributed by atoms with van der Waals surface area (Å²) < 4.78 is 0. The Morgan fingerprint density at radius 1 is 1.21 bits per heavy atom. The summed E-state index contributed by atoms with van der Waals surface area (Å²) in [5.41, 5.74) is 4.47. The molecular formula is C16H24N2O. The number of hydrogen-bond donors (Lipinski definition) is 0. The van der Waals surface area contributed by atoms with Crippen molar-refractivity contribution >= 4 is 6.29 Å². The molecule has 1 aliphatic carbocycles. The van der Waals surface area contributed by atoms with Crippen LogP contribution >= 0.6 is 0 Å². The summed E-state index contributed by atoms with van der Waals surface area (Å²) in [6.45, 7) is 8.83. The van der Waals surface area contributed by atoms with E-state index in [1.54, 1.807) is 0 Å². The molecule has 0 aromatic carbocycles. The van der Waals surface area contributed by atoms with E-state index in [0.29, 0.717) is 6.04 Å². The van der Waals surface area contributed by atoms with E-state index in [9.17, 15) is 4.79 Å². The first-order chi connectivity index (χ1) is 9.17. The molecule has 0 spiro atoms. The lowest BCUT2D eigenvalue weighted by Gasteiger charge is -2.46. The standard InChI is InChI=1S/C16H24N2O/c1-12-7-13(2)16(8-12)18-6-5-17-9-14(11-19)3-4-15(17)10-18/h8,11,14-15H,3-7,9-10H2,1-2H3. The van der Waals surface area contributed by atoms with Gasteiger partial charge in [0.1, 0.15) is 6.29 Å². The Kier molecular flexibility index (Phi) is 3.48. The minimum absolute atomic E-state index is 0.275. The Hall–Kier alpha value is -1.09. The highest BCUT2D eigenvalue weighted by molar-refractivity contribution is 5.54. The lowest BCUT2D eigenvalue weighted by molar-refractivity contribution is -0.113. The summed E-state index contributed by atoms with van der Waals surface area (Å²) in [4.78, 5) is 16.0. The van der Waals surface area contributed by atoms with Crippen LogP contribution in [-0.2, 0) is 4.79 Å². The van der Waals surface area contributed by atoms with Crippen molar-refractivity contribution in [3.8, 4) is 0 Å². The average molecular weight is 260 g/mol. The summed E-state index contributed by atoms with van der Waals surface area (Å²) in [7, 11) is 0. The van der Waals surface area contributed by atoms with Crippen LogP contribution in [0.4, 0.5) is 0 Å². The van der Waals surface area contributed by atoms with Crippen molar-refractivity contribution in [3.05, 3.63) is 22.9 Å². The average Bonchev–Trinajstić information content (AvgIpc) is 2.76. The number of piperazine rings is 1. The van der Waals surface area contributed by atoms with Crippen LogP contribution < -0.4 is 0 Å². The van der Waals surface area contributed by atoms with Crippen LogP contribution in [0.25, 0.3) is 0 Å². The van der Waals surface area contributed by atoms with Gasteiger partial charge in [-0.25, -0.2) is 0 Å². The van der Waals surface area contributed by atoms with Crippen molar-refractivity contribution < 1.29 is 4.79 Å². The number of allylic oxidation sites excluding steroid dienone is 3. The Morgan fingerprint density at radius 3 is 2.74 bits per heavy atom. The van der Waals surface area contributed by atoms with Crippen molar-refractivity contribution in [3.63, 3.8) is 0 Å². The Labute approximate surface area is 115 Å². The molecule has 0 saturated carbocycles. The number of piperidine rings is 1. The fourth-order valence-electron chi connectivity index (χ4n) is 3.81. The molecule has 2 unspecified atom stereocenters. The highest BCUT2D eigenvalue weighted by Gasteiger charge is 2.33. The van der Waals surface area contributed by atoms with Gasteiger partial charge >= 0.3 is 0 Å². The third-order valence-electron chi connectivity index (χ3n) is 4.84. The van der Waals surface area contributed by atoms with Crippen LogP contribution in [0, 0.1) is 5.92 Å². The third kappa shape index (κ3) is 2.48. The van der Waals surface area contributed by atoms with E-state index < -0.39 is 0 Å². The van der Waals surface area contributed by atoms with Crippen LogP contribution in [0.2, 0.25) is 0 Å². The van der Waals surface area contributed by atoms with E-state index in [1.165, 1.54) is 23.3 Å². The van der Waals surface area contributed by atoms with Crippen LogP contribution in [0.3, 0.4) is 0 Å². The predicted molar refractivity (Wildman–Crippen MR) is 76.8 cm³/mol. The summed E-state index contributed by atoms with van der Waals surface area (Å²) in [6.07, 6.45) is 6.91. The topological polar surface area (TPSA) is 23.6 Å². The quantitative estimate of drug-likeness (QED) is 0.711. The van der Waals surface area contributed by atoms with Gasteiger partial charge in [0, 0.05) is 43.8 Å². The molecule has 0 aromatic rings. The van der Waals surface area contributed by atoms with E-state index in [1.807, 2.05) is 0 Å². The zero-order valence-corrected chi connectivity index (χ0v) is 12.1. The maximum atomic E-state index is 10.9. The molecule has 3 nitrogen and oxygen atoms in total. The number of rotatable bonds is 2. The molecule has 2 atom stereocenters. The molecule has 2 fully saturated rings. The molecule has 3 heteroatoms. The Bertz CT molecular complexity index is 438. The summed E-state index contributed by atoms with van der Waals surface area (Å²) >= 11 is 0. The second-order valence-electron chi connectivity index (χ2n) is 6.40. The number of carbonyl (C=O) groups excluding carboxylic acids is 1. The molecule has 2 heterocycles. The fraction of sp³-hybridized carbons (Fsp3) is 0.688. The molecule has 3 aliphatic rings. The van der Waals surface area contributed by atoms with Gasteiger partial charge in [-0.05, 0) is 44.8 Å². The number of nitrogens with zero attached hydrogens (tertiary/aromatic N) is 2. The van der Waals surface area contributed by atoms with E-state index in [4.69, 9.17) is 0 Å². The molecule has 0 aromatic heterocycles. The van der Waals surface area contributed by atoms with Gasteiger partial charge < -0.3 is 9.69 Å². The first-order valence-electron chi connectivity index (χ1n) is 7.48. The van der Waals surface area contributed by atoms with E-state index in [-0.39, 0.29) is 5.92 Å². The molecule has 104 valence electrons. The smallest absolute Gasteiger partial charge is 0.124 e. The molecule has 0 amide bonds. The molecule has 0 bridgehead atoms. The van der Waals surface area contributed by atoms with E-state index in [2.05, 4.69) is 29.7 Å². The fourth-order valence-corrected chi connectivity index (χ4v) is 3.81. The van der Waals surface area contributed by atoms with Gasteiger partial charge in [-0.2, -0.15) is 0 Å². The molecule has 0 radical (unpaired) electrons.